The van der Waals surface area contributed by atoms with E-state index >= 15 is 0 Å². The summed E-state index contributed by atoms with van der Waals surface area (Å²) in [5.74, 6) is -0.537. The molecule has 3 aromatic carbocycles. The molecule has 0 atom stereocenters. The molecule has 4 rings (SSSR count). The molecule has 8 nitrogen and oxygen atoms in total. The van der Waals surface area contributed by atoms with Gasteiger partial charge in [-0.2, -0.15) is 5.10 Å². The van der Waals surface area contributed by atoms with Gasteiger partial charge in [0.1, 0.15) is 15.6 Å². The van der Waals surface area contributed by atoms with Crippen LogP contribution in [0.5, 0.6) is 5.75 Å². The first kappa shape index (κ1) is 23.8. The molecule has 0 fully saturated rings. The van der Waals surface area contributed by atoms with E-state index in [9.17, 15) is 9.59 Å². The van der Waals surface area contributed by atoms with Crippen LogP contribution in [0.1, 0.15) is 32.5 Å². The highest BCUT2D eigenvalue weighted by molar-refractivity contribution is 7.19. The summed E-state index contributed by atoms with van der Waals surface area (Å²) in [4.78, 5) is 25.7. The number of carbonyl (C=O) groups excluding carboxylic acids is 2. The van der Waals surface area contributed by atoms with Gasteiger partial charge in [-0.3, -0.25) is 4.79 Å². The molecule has 0 saturated heterocycles. The second kappa shape index (κ2) is 10.7. The number of nitrogens with two attached hydrogens (primary N) is 1. The minimum atomic E-state index is -0.589. The Kier molecular flexibility index (Phi) is 7.27. The van der Waals surface area contributed by atoms with Gasteiger partial charge in [0.25, 0.3) is 5.91 Å². The number of anilines is 3. The van der Waals surface area contributed by atoms with Gasteiger partial charge in [0, 0.05) is 11.3 Å². The van der Waals surface area contributed by atoms with Crippen molar-refractivity contribution in [1.29, 1.82) is 0 Å². The number of ether oxygens (including phenoxy) is 2. The normalized spacial score (nSPS) is 10.9. The summed E-state index contributed by atoms with van der Waals surface area (Å²) in [6.07, 6.45) is 1.53. The van der Waals surface area contributed by atoms with Gasteiger partial charge in [-0.05, 0) is 35.9 Å². The number of nitrogens with one attached hydrogen (secondary N) is 2. The number of rotatable bonds is 8. The Bertz CT molecular complexity index is 1400. The molecule has 0 aliphatic rings. The van der Waals surface area contributed by atoms with Crippen molar-refractivity contribution in [3.63, 3.8) is 0 Å². The second-order valence-electron chi connectivity index (χ2n) is 7.36. The smallest absolute Gasteiger partial charge is 0.350 e. The lowest BCUT2D eigenvalue weighted by Crippen LogP contribution is -2.20. The van der Waals surface area contributed by atoms with Gasteiger partial charge in [0.05, 0.1) is 31.2 Å². The van der Waals surface area contributed by atoms with Gasteiger partial charge in [0.2, 0.25) is 0 Å². The summed E-state index contributed by atoms with van der Waals surface area (Å²) in [5.41, 5.74) is 10.4. The average Bonchev–Trinajstić information content (AvgIpc) is 3.20. The lowest BCUT2D eigenvalue weighted by molar-refractivity contribution is 0.0533. The Morgan fingerprint density at radius 3 is 2.54 bits per heavy atom. The lowest BCUT2D eigenvalue weighted by Gasteiger charge is -2.09. The summed E-state index contributed by atoms with van der Waals surface area (Å²) in [6.45, 7) is 1.89. The number of esters is 1. The van der Waals surface area contributed by atoms with Crippen molar-refractivity contribution in [3.05, 3.63) is 82.7 Å². The zero-order valence-electron chi connectivity index (χ0n) is 19.2. The molecule has 0 aliphatic carbocycles. The number of amides is 1. The van der Waals surface area contributed by atoms with Gasteiger partial charge >= 0.3 is 5.97 Å². The molecule has 0 unspecified atom stereocenters. The summed E-state index contributed by atoms with van der Waals surface area (Å²) in [6, 6.07) is 20.9. The SMILES string of the molecule is CCOC(=O)c1sc(Nc2ccccc2)c(C(=O)N/N=C/c2c(OC)ccc3ccccc23)c1N. The monoisotopic (exact) mass is 488 g/mol. The number of fused-ring (bicyclic) bond motifs is 1. The Hall–Kier alpha value is -4.37. The third-order valence-electron chi connectivity index (χ3n) is 5.18. The topological polar surface area (TPSA) is 115 Å². The molecule has 0 spiro atoms. The molecule has 4 aromatic rings. The molecule has 9 heteroatoms. The molecule has 0 radical (unpaired) electrons. The van der Waals surface area contributed by atoms with Crippen molar-refractivity contribution in [2.24, 2.45) is 5.10 Å². The van der Waals surface area contributed by atoms with E-state index in [0.29, 0.717) is 10.8 Å². The van der Waals surface area contributed by atoms with E-state index in [1.165, 1.54) is 6.21 Å². The molecule has 35 heavy (non-hydrogen) atoms. The lowest BCUT2D eigenvalue weighted by atomic mass is 10.0. The fourth-order valence-electron chi connectivity index (χ4n) is 3.56. The van der Waals surface area contributed by atoms with Crippen LogP contribution in [0.2, 0.25) is 0 Å². The van der Waals surface area contributed by atoms with Crippen molar-refractivity contribution >= 4 is 56.6 Å². The highest BCUT2D eigenvalue weighted by atomic mass is 32.1. The van der Waals surface area contributed by atoms with Crippen molar-refractivity contribution in [3.8, 4) is 5.75 Å². The molecule has 0 aliphatic heterocycles. The first-order valence-corrected chi connectivity index (χ1v) is 11.7. The predicted octanol–water partition coefficient (Wildman–Crippen LogP) is 5.18. The first-order chi connectivity index (χ1) is 17.0. The maximum atomic E-state index is 13.2. The fraction of sp³-hybridized carbons (Fsp3) is 0.115. The minimum absolute atomic E-state index is 0.0299. The predicted molar refractivity (Wildman–Crippen MR) is 140 cm³/mol. The highest BCUT2D eigenvalue weighted by Gasteiger charge is 2.26. The van der Waals surface area contributed by atoms with E-state index in [1.807, 2.05) is 66.7 Å². The maximum Gasteiger partial charge on any atom is 0.350 e. The quantitative estimate of drug-likeness (QED) is 0.179. The molecule has 1 aromatic heterocycles. The maximum absolute atomic E-state index is 13.2. The number of hydrazone groups is 1. The van der Waals surface area contributed by atoms with E-state index < -0.39 is 11.9 Å². The molecule has 1 amide bonds. The largest absolute Gasteiger partial charge is 0.496 e. The van der Waals surface area contributed by atoms with Crippen molar-refractivity contribution < 1.29 is 19.1 Å². The van der Waals surface area contributed by atoms with Gasteiger partial charge in [-0.15, -0.1) is 11.3 Å². The van der Waals surface area contributed by atoms with Crippen LogP contribution in [0.3, 0.4) is 0 Å². The van der Waals surface area contributed by atoms with Crippen molar-refractivity contribution in [2.45, 2.75) is 6.92 Å². The number of carbonyl (C=O) groups is 2. The van der Waals surface area contributed by atoms with E-state index in [1.54, 1.807) is 14.0 Å². The van der Waals surface area contributed by atoms with E-state index in [4.69, 9.17) is 15.2 Å². The number of hydrogen-bond acceptors (Lipinski definition) is 8. The third kappa shape index (κ3) is 5.10. The number of hydrogen-bond donors (Lipinski definition) is 3. The zero-order valence-corrected chi connectivity index (χ0v) is 20.0. The van der Waals surface area contributed by atoms with Crippen LogP contribution in [-0.2, 0) is 4.74 Å². The summed E-state index contributed by atoms with van der Waals surface area (Å²) in [5, 5.41) is 9.66. The molecular formula is C26H24N4O4S. The summed E-state index contributed by atoms with van der Waals surface area (Å²) in [7, 11) is 1.57. The number of methoxy groups -OCH3 is 1. The van der Waals surface area contributed by atoms with Crippen LogP contribution in [0.25, 0.3) is 10.8 Å². The number of benzene rings is 3. The Labute approximate surface area is 206 Å². The summed E-state index contributed by atoms with van der Waals surface area (Å²) >= 11 is 1.05. The zero-order chi connectivity index (χ0) is 24.8. The van der Waals surface area contributed by atoms with Gasteiger partial charge in [-0.1, -0.05) is 48.5 Å². The number of para-hydroxylation sites is 1. The van der Waals surface area contributed by atoms with Crippen LogP contribution in [-0.4, -0.2) is 31.8 Å². The average molecular weight is 489 g/mol. The van der Waals surface area contributed by atoms with E-state index in [0.717, 1.165) is 33.4 Å². The number of nitrogen functional groups attached to an aromatic ring is 1. The van der Waals surface area contributed by atoms with Crippen LogP contribution in [0.15, 0.2) is 71.8 Å². The van der Waals surface area contributed by atoms with Crippen LogP contribution in [0.4, 0.5) is 16.4 Å². The third-order valence-corrected chi connectivity index (χ3v) is 6.28. The molecule has 0 saturated carbocycles. The van der Waals surface area contributed by atoms with Gasteiger partial charge in [-0.25, -0.2) is 10.2 Å². The number of nitrogens with zero attached hydrogens (tertiary/aromatic N) is 1. The Morgan fingerprint density at radius 2 is 1.80 bits per heavy atom. The van der Waals surface area contributed by atoms with E-state index in [-0.39, 0.29) is 22.7 Å². The second-order valence-corrected chi connectivity index (χ2v) is 8.38. The molecular weight excluding hydrogens is 464 g/mol. The van der Waals surface area contributed by atoms with Crippen LogP contribution < -0.4 is 21.2 Å². The standard InChI is InChI=1S/C26H24N4O4S/c1-3-34-26(32)23-22(27)21(25(35-23)29-17-10-5-4-6-11-17)24(31)30-28-15-19-18-12-8-7-9-16(18)13-14-20(19)33-2/h4-15,29H,3,27H2,1-2H3,(H,30,31)/b28-15+. The van der Waals surface area contributed by atoms with Crippen LogP contribution >= 0.6 is 11.3 Å². The molecule has 1 heterocycles. The van der Waals surface area contributed by atoms with Crippen molar-refractivity contribution in [1.82, 2.24) is 5.43 Å². The van der Waals surface area contributed by atoms with Crippen molar-refractivity contribution in [2.75, 3.05) is 24.8 Å². The fourth-order valence-corrected chi connectivity index (χ4v) is 4.59. The number of thiophene rings is 1. The first-order valence-electron chi connectivity index (χ1n) is 10.8. The minimum Gasteiger partial charge on any atom is -0.496 e. The highest BCUT2D eigenvalue weighted by Crippen LogP contribution is 2.38. The Balaban J connectivity index is 1.66. The van der Waals surface area contributed by atoms with Gasteiger partial charge in [0.15, 0.2) is 0 Å². The van der Waals surface area contributed by atoms with E-state index in [2.05, 4.69) is 15.8 Å². The van der Waals surface area contributed by atoms with Gasteiger partial charge < -0.3 is 20.5 Å². The summed E-state index contributed by atoms with van der Waals surface area (Å²) < 4.78 is 10.6. The van der Waals surface area contributed by atoms with Crippen LogP contribution in [0, 0.1) is 0 Å². The molecule has 178 valence electrons. The molecule has 0 bridgehead atoms. The Morgan fingerprint density at radius 1 is 1.06 bits per heavy atom. The molecule has 4 N–H and O–H groups in total.